The van der Waals surface area contributed by atoms with E-state index in [1.54, 1.807) is 0 Å². The molecule has 1 nitrogen and oxygen atoms in total. The van der Waals surface area contributed by atoms with E-state index in [1.165, 1.54) is 11.4 Å². The van der Waals surface area contributed by atoms with Crippen LogP contribution < -0.4 is 5.32 Å². The zero-order chi connectivity index (χ0) is 8.81. The summed E-state index contributed by atoms with van der Waals surface area (Å²) >= 11 is 0. The topological polar surface area (TPSA) is 12.0 Å². The van der Waals surface area contributed by atoms with Gasteiger partial charge in [0.05, 0.1) is 0 Å². The molecule has 66 valence electrons. The fourth-order valence-corrected chi connectivity index (χ4v) is 1.32. The van der Waals surface area contributed by atoms with Crippen LogP contribution in [0.1, 0.15) is 33.1 Å². The van der Waals surface area contributed by atoms with Crippen molar-refractivity contribution in [1.29, 1.82) is 0 Å². The van der Waals surface area contributed by atoms with Gasteiger partial charge >= 0.3 is 0 Å². The maximum absolute atomic E-state index is 3.39. The minimum atomic E-state index is 1.10. The Kier molecular flexibility index (Phi) is 3.65. The average Bonchev–Trinajstić information content (AvgIpc) is 2.06. The number of hydrogen-bond acceptors (Lipinski definition) is 1. The third-order valence-electron chi connectivity index (χ3n) is 1.88. The highest BCUT2D eigenvalue weighted by atomic mass is 14.9. The van der Waals surface area contributed by atoms with E-state index in [0.717, 1.165) is 19.3 Å². The number of hydrogen-bond donors (Lipinski definition) is 1. The molecule has 0 aliphatic heterocycles. The maximum atomic E-state index is 3.39. The molecule has 0 radical (unpaired) electrons. The van der Waals surface area contributed by atoms with Gasteiger partial charge in [0.15, 0.2) is 0 Å². The van der Waals surface area contributed by atoms with Crippen LogP contribution >= 0.6 is 0 Å². The molecule has 0 fully saturated rings. The molecule has 0 bridgehead atoms. The molecular weight excluding hydrogens is 146 g/mol. The van der Waals surface area contributed by atoms with Crippen LogP contribution in [-0.2, 0) is 0 Å². The standard InChI is InChI=1S/C11H17N/c1-3-7-10(2)12-11-8-5-4-6-9-11/h4-5,7-8,12H,3,6,9H2,1-2H3. The van der Waals surface area contributed by atoms with Crippen molar-refractivity contribution in [2.24, 2.45) is 0 Å². The Morgan fingerprint density at radius 2 is 2.50 bits per heavy atom. The van der Waals surface area contributed by atoms with Crippen LogP contribution in [0.2, 0.25) is 0 Å². The summed E-state index contributed by atoms with van der Waals surface area (Å²) in [7, 11) is 0. The Morgan fingerprint density at radius 3 is 3.08 bits per heavy atom. The first-order valence-electron chi connectivity index (χ1n) is 4.62. The van der Waals surface area contributed by atoms with Gasteiger partial charge in [0.25, 0.3) is 0 Å². The lowest BCUT2D eigenvalue weighted by Crippen LogP contribution is -2.11. The second kappa shape index (κ2) is 4.81. The van der Waals surface area contributed by atoms with Gasteiger partial charge < -0.3 is 5.32 Å². The van der Waals surface area contributed by atoms with E-state index in [9.17, 15) is 0 Å². The summed E-state index contributed by atoms with van der Waals surface area (Å²) in [5.74, 6) is 0. The molecule has 12 heavy (non-hydrogen) atoms. The van der Waals surface area contributed by atoms with Crippen molar-refractivity contribution < 1.29 is 0 Å². The summed E-state index contributed by atoms with van der Waals surface area (Å²) in [6, 6.07) is 0. The van der Waals surface area contributed by atoms with Gasteiger partial charge in [0, 0.05) is 11.4 Å². The summed E-state index contributed by atoms with van der Waals surface area (Å²) in [4.78, 5) is 0. The highest BCUT2D eigenvalue weighted by Gasteiger charge is 1.97. The van der Waals surface area contributed by atoms with Crippen LogP contribution in [-0.4, -0.2) is 0 Å². The SMILES string of the molecule is CCC=C(C)NC1=CC=CCC1. The molecule has 1 aliphatic carbocycles. The third kappa shape index (κ3) is 2.95. The Balaban J connectivity index is 2.45. The summed E-state index contributed by atoms with van der Waals surface area (Å²) < 4.78 is 0. The zero-order valence-corrected chi connectivity index (χ0v) is 7.93. The predicted octanol–water partition coefficient (Wildman–Crippen LogP) is 3.12. The highest BCUT2D eigenvalue weighted by molar-refractivity contribution is 5.19. The Morgan fingerprint density at radius 1 is 1.67 bits per heavy atom. The van der Waals surface area contributed by atoms with Gasteiger partial charge in [0.2, 0.25) is 0 Å². The lowest BCUT2D eigenvalue weighted by atomic mass is 10.1. The van der Waals surface area contributed by atoms with Crippen molar-refractivity contribution >= 4 is 0 Å². The smallest absolute Gasteiger partial charge is 0.0151 e. The minimum absolute atomic E-state index is 1.10. The van der Waals surface area contributed by atoms with Gasteiger partial charge in [-0.2, -0.15) is 0 Å². The van der Waals surface area contributed by atoms with E-state index >= 15 is 0 Å². The summed E-state index contributed by atoms with van der Waals surface area (Å²) in [6.07, 6.45) is 12.1. The Labute approximate surface area is 74.9 Å². The van der Waals surface area contributed by atoms with Crippen molar-refractivity contribution in [2.75, 3.05) is 0 Å². The van der Waals surface area contributed by atoms with Gasteiger partial charge in [-0.25, -0.2) is 0 Å². The molecule has 0 saturated heterocycles. The number of nitrogens with one attached hydrogen (secondary N) is 1. The third-order valence-corrected chi connectivity index (χ3v) is 1.88. The molecule has 0 atom stereocenters. The van der Waals surface area contributed by atoms with Gasteiger partial charge in [-0.3, -0.25) is 0 Å². The molecule has 1 heteroatoms. The Bertz CT molecular complexity index is 221. The average molecular weight is 163 g/mol. The van der Waals surface area contributed by atoms with Crippen molar-refractivity contribution in [3.05, 3.63) is 35.7 Å². The molecule has 1 N–H and O–H groups in total. The molecule has 0 amide bonds. The van der Waals surface area contributed by atoms with Gasteiger partial charge in [-0.15, -0.1) is 0 Å². The molecule has 0 unspecified atom stereocenters. The monoisotopic (exact) mass is 163 g/mol. The molecular formula is C11H17N. The van der Waals surface area contributed by atoms with E-state index in [2.05, 4.69) is 43.5 Å². The van der Waals surface area contributed by atoms with Gasteiger partial charge in [-0.05, 0) is 32.3 Å². The normalized spacial score (nSPS) is 17.5. The van der Waals surface area contributed by atoms with E-state index in [4.69, 9.17) is 0 Å². The lowest BCUT2D eigenvalue weighted by Gasteiger charge is -2.12. The fourth-order valence-electron chi connectivity index (χ4n) is 1.32. The van der Waals surface area contributed by atoms with Crippen molar-refractivity contribution in [3.63, 3.8) is 0 Å². The molecule has 1 rings (SSSR count). The van der Waals surface area contributed by atoms with E-state index < -0.39 is 0 Å². The minimum Gasteiger partial charge on any atom is -0.363 e. The van der Waals surface area contributed by atoms with Crippen LogP contribution in [0.4, 0.5) is 0 Å². The lowest BCUT2D eigenvalue weighted by molar-refractivity contribution is 0.832. The van der Waals surface area contributed by atoms with E-state index in [0.29, 0.717) is 0 Å². The van der Waals surface area contributed by atoms with Crippen molar-refractivity contribution in [1.82, 2.24) is 5.32 Å². The van der Waals surface area contributed by atoms with Crippen LogP contribution in [0.3, 0.4) is 0 Å². The number of rotatable bonds is 3. The zero-order valence-electron chi connectivity index (χ0n) is 7.93. The fraction of sp³-hybridized carbons (Fsp3) is 0.455. The van der Waals surface area contributed by atoms with E-state index in [-0.39, 0.29) is 0 Å². The molecule has 0 aromatic heterocycles. The van der Waals surface area contributed by atoms with Gasteiger partial charge in [0.1, 0.15) is 0 Å². The Hall–Kier alpha value is -0.980. The first-order chi connectivity index (χ1) is 5.83. The quantitative estimate of drug-likeness (QED) is 0.674. The summed E-state index contributed by atoms with van der Waals surface area (Å²) in [6.45, 7) is 4.27. The molecule has 0 aromatic carbocycles. The van der Waals surface area contributed by atoms with Gasteiger partial charge in [-0.1, -0.05) is 25.2 Å². The second-order valence-electron chi connectivity index (χ2n) is 3.08. The van der Waals surface area contributed by atoms with Crippen LogP contribution in [0.15, 0.2) is 35.7 Å². The van der Waals surface area contributed by atoms with E-state index in [1.807, 2.05) is 0 Å². The molecule has 0 saturated carbocycles. The summed E-state index contributed by atoms with van der Waals surface area (Å²) in [5, 5.41) is 3.39. The van der Waals surface area contributed by atoms with Crippen molar-refractivity contribution in [2.45, 2.75) is 33.1 Å². The second-order valence-corrected chi connectivity index (χ2v) is 3.08. The predicted molar refractivity (Wildman–Crippen MR) is 53.6 cm³/mol. The van der Waals surface area contributed by atoms with Crippen LogP contribution in [0.25, 0.3) is 0 Å². The number of allylic oxidation sites excluding steroid dienone is 6. The molecule has 1 aliphatic rings. The molecule has 0 heterocycles. The summed E-state index contributed by atoms with van der Waals surface area (Å²) in [5.41, 5.74) is 2.60. The van der Waals surface area contributed by atoms with Crippen LogP contribution in [0.5, 0.6) is 0 Å². The maximum Gasteiger partial charge on any atom is 0.0151 e. The largest absolute Gasteiger partial charge is 0.363 e. The molecule has 0 spiro atoms. The molecule has 0 aromatic rings. The van der Waals surface area contributed by atoms with Crippen LogP contribution in [0, 0.1) is 0 Å². The van der Waals surface area contributed by atoms with Crippen molar-refractivity contribution in [3.8, 4) is 0 Å². The first kappa shape index (κ1) is 9.11. The highest BCUT2D eigenvalue weighted by Crippen LogP contribution is 2.10. The first-order valence-corrected chi connectivity index (χ1v) is 4.62.